The number of allylic oxidation sites excluding steroid dienone is 2. The predicted octanol–water partition coefficient (Wildman–Crippen LogP) is 5.12. The van der Waals surface area contributed by atoms with Crippen LogP contribution >= 0.6 is 0 Å². The second-order valence-corrected chi connectivity index (χ2v) is 9.68. The van der Waals surface area contributed by atoms with Gasteiger partial charge in [-0.25, -0.2) is 4.79 Å². The number of rotatable bonds is 3. The van der Waals surface area contributed by atoms with Crippen molar-refractivity contribution < 1.29 is 23.4 Å². The highest BCUT2D eigenvalue weighted by Crippen LogP contribution is 2.63. The van der Waals surface area contributed by atoms with Crippen molar-refractivity contribution in [2.24, 2.45) is 22.7 Å². The number of fused-ring (bicyclic) bond motifs is 3. The van der Waals surface area contributed by atoms with Crippen molar-refractivity contribution in [1.82, 2.24) is 0 Å². The van der Waals surface area contributed by atoms with E-state index in [0.29, 0.717) is 24.7 Å². The summed E-state index contributed by atoms with van der Waals surface area (Å²) < 4.78 is 23.2. The average Bonchev–Trinajstić information content (AvgIpc) is 3.39. The number of hydrogen-bond donors (Lipinski definition) is 0. The summed E-state index contributed by atoms with van der Waals surface area (Å²) in [6.07, 6.45) is 11.5. The molecular formula is C25H30O5. The number of cyclic esters (lactones) is 1. The van der Waals surface area contributed by atoms with Crippen molar-refractivity contribution in [2.45, 2.75) is 51.9 Å². The minimum absolute atomic E-state index is 0.0599. The molecule has 0 amide bonds. The summed E-state index contributed by atoms with van der Waals surface area (Å²) in [5.74, 6) is 1.18. The van der Waals surface area contributed by atoms with E-state index in [9.17, 15) is 4.79 Å². The molecule has 5 rings (SSSR count). The average molecular weight is 411 g/mol. The summed E-state index contributed by atoms with van der Waals surface area (Å²) in [5.41, 5.74) is 1.91. The molecule has 0 unspecified atom stereocenters. The lowest BCUT2D eigenvalue weighted by atomic mass is 9.46. The Labute approximate surface area is 177 Å². The highest BCUT2D eigenvalue weighted by atomic mass is 16.7. The minimum Gasteiger partial charge on any atom is -0.464 e. The third kappa shape index (κ3) is 3.02. The summed E-state index contributed by atoms with van der Waals surface area (Å²) in [5, 5.41) is 0. The molecule has 0 spiro atoms. The van der Waals surface area contributed by atoms with E-state index in [1.165, 1.54) is 5.57 Å². The summed E-state index contributed by atoms with van der Waals surface area (Å²) >= 11 is 0. The second-order valence-electron chi connectivity index (χ2n) is 9.68. The molecule has 3 fully saturated rings. The highest BCUT2D eigenvalue weighted by molar-refractivity contribution is 5.93. The van der Waals surface area contributed by atoms with Crippen molar-refractivity contribution in [2.75, 3.05) is 13.2 Å². The van der Waals surface area contributed by atoms with Crippen LogP contribution in [0, 0.1) is 22.7 Å². The monoisotopic (exact) mass is 410 g/mol. The van der Waals surface area contributed by atoms with Crippen molar-refractivity contribution in [3.8, 4) is 0 Å². The van der Waals surface area contributed by atoms with Crippen LogP contribution < -0.4 is 0 Å². The van der Waals surface area contributed by atoms with Gasteiger partial charge in [0.15, 0.2) is 5.76 Å². The SMILES string of the molecule is C=C1CC[C@@H]2[C@]3(C)CO[C@@H](c4ccco4)O[C@@H]3CC[C@@]2(C)[C@@H]1/C=C/C1=CCOC1=O. The fourth-order valence-electron chi connectivity index (χ4n) is 6.41. The van der Waals surface area contributed by atoms with E-state index in [1.54, 1.807) is 6.26 Å². The lowest BCUT2D eigenvalue weighted by Crippen LogP contribution is -2.60. The van der Waals surface area contributed by atoms with Gasteiger partial charge in [0.25, 0.3) is 0 Å². The van der Waals surface area contributed by atoms with Crippen LogP contribution in [-0.2, 0) is 19.0 Å². The summed E-state index contributed by atoms with van der Waals surface area (Å²) in [7, 11) is 0. The second kappa shape index (κ2) is 7.24. The highest BCUT2D eigenvalue weighted by Gasteiger charge is 2.60. The number of hydrogen-bond acceptors (Lipinski definition) is 5. The number of esters is 1. The molecule has 0 aromatic carbocycles. The first kappa shape index (κ1) is 19.8. The Balaban J connectivity index is 1.40. The Morgan fingerprint density at radius 1 is 1.23 bits per heavy atom. The van der Waals surface area contributed by atoms with Crippen LogP contribution in [0.15, 0.2) is 58.8 Å². The zero-order chi connectivity index (χ0) is 20.9. The van der Waals surface area contributed by atoms with Gasteiger partial charge in [-0.1, -0.05) is 38.2 Å². The summed E-state index contributed by atoms with van der Waals surface area (Å²) in [6, 6.07) is 3.78. The third-order valence-corrected chi connectivity index (χ3v) is 8.01. The van der Waals surface area contributed by atoms with Crippen molar-refractivity contribution in [3.63, 3.8) is 0 Å². The molecule has 2 aliphatic heterocycles. The van der Waals surface area contributed by atoms with Crippen LogP contribution in [0.25, 0.3) is 0 Å². The molecule has 3 heterocycles. The number of furan rings is 1. The van der Waals surface area contributed by atoms with Gasteiger partial charge in [0.05, 0.1) is 24.5 Å². The molecule has 5 heteroatoms. The molecule has 5 nitrogen and oxygen atoms in total. The largest absolute Gasteiger partial charge is 0.464 e. The quantitative estimate of drug-likeness (QED) is 0.511. The summed E-state index contributed by atoms with van der Waals surface area (Å²) in [6.45, 7) is 10.1. The number of carbonyl (C=O) groups excluding carboxylic acids is 1. The normalized spacial score (nSPS) is 41.3. The number of ether oxygens (including phenoxy) is 3. The Bertz CT molecular complexity index is 897. The van der Waals surface area contributed by atoms with Crippen LogP contribution in [0.3, 0.4) is 0 Å². The first-order chi connectivity index (χ1) is 14.4. The minimum atomic E-state index is -0.419. The summed E-state index contributed by atoms with van der Waals surface area (Å²) in [4.78, 5) is 11.9. The van der Waals surface area contributed by atoms with E-state index in [2.05, 4.69) is 26.5 Å². The lowest BCUT2D eigenvalue weighted by molar-refractivity contribution is -0.310. The molecule has 160 valence electrons. The molecule has 0 bridgehead atoms. The zero-order valence-electron chi connectivity index (χ0n) is 17.8. The fraction of sp³-hybridized carbons (Fsp3) is 0.560. The van der Waals surface area contributed by atoms with E-state index < -0.39 is 6.29 Å². The molecular weight excluding hydrogens is 380 g/mol. The van der Waals surface area contributed by atoms with Crippen molar-refractivity contribution in [3.05, 3.63) is 60.1 Å². The topological polar surface area (TPSA) is 57.9 Å². The van der Waals surface area contributed by atoms with Gasteiger partial charge in [0, 0.05) is 11.3 Å². The molecule has 30 heavy (non-hydrogen) atoms. The molecule has 0 radical (unpaired) electrons. The Kier molecular flexibility index (Phi) is 4.79. The van der Waals surface area contributed by atoms with Crippen LogP contribution in [-0.4, -0.2) is 25.3 Å². The van der Waals surface area contributed by atoms with E-state index >= 15 is 0 Å². The Morgan fingerprint density at radius 2 is 2.10 bits per heavy atom. The van der Waals surface area contributed by atoms with E-state index in [1.807, 2.05) is 24.3 Å². The van der Waals surface area contributed by atoms with Crippen molar-refractivity contribution >= 4 is 5.97 Å². The standard InChI is InChI=1S/C25H30O5/c1-16-6-9-20-24(2,18(16)8-7-17-11-14-28-22(17)26)12-10-21-25(20,3)15-29-23(30-21)19-5-4-13-27-19/h4-5,7-8,11,13,18,20-21,23H,1,6,9-10,12,14-15H2,2-3H3/b8-7+/t18-,20+,21-,23-,24+,25+/m1/s1. The van der Waals surface area contributed by atoms with Gasteiger partial charge in [0.1, 0.15) is 6.61 Å². The fourth-order valence-corrected chi connectivity index (χ4v) is 6.41. The molecule has 0 N–H and O–H groups in total. The molecule has 1 aromatic heterocycles. The number of carbonyl (C=O) groups is 1. The Morgan fingerprint density at radius 3 is 2.83 bits per heavy atom. The molecule has 1 saturated heterocycles. The zero-order valence-corrected chi connectivity index (χ0v) is 17.8. The third-order valence-electron chi connectivity index (χ3n) is 8.01. The van der Waals surface area contributed by atoms with Crippen LogP contribution in [0.4, 0.5) is 0 Å². The Hall–Kier alpha value is -2.11. The molecule has 2 saturated carbocycles. The molecule has 2 aliphatic carbocycles. The van der Waals surface area contributed by atoms with Gasteiger partial charge in [-0.05, 0) is 55.2 Å². The van der Waals surface area contributed by atoms with Gasteiger partial charge < -0.3 is 18.6 Å². The predicted molar refractivity (Wildman–Crippen MR) is 111 cm³/mol. The van der Waals surface area contributed by atoms with Gasteiger partial charge >= 0.3 is 5.97 Å². The maximum Gasteiger partial charge on any atom is 0.338 e. The van der Waals surface area contributed by atoms with E-state index in [-0.39, 0.29) is 28.8 Å². The molecule has 1 aromatic rings. The van der Waals surface area contributed by atoms with Gasteiger partial charge in [-0.2, -0.15) is 0 Å². The first-order valence-electron chi connectivity index (χ1n) is 11.0. The van der Waals surface area contributed by atoms with Crippen molar-refractivity contribution in [1.29, 1.82) is 0 Å². The van der Waals surface area contributed by atoms with Crippen LogP contribution in [0.1, 0.15) is 51.6 Å². The van der Waals surface area contributed by atoms with E-state index in [0.717, 1.165) is 31.4 Å². The molecule has 4 aliphatic rings. The maximum absolute atomic E-state index is 11.9. The van der Waals surface area contributed by atoms with Crippen LogP contribution in [0.2, 0.25) is 0 Å². The molecule has 6 atom stereocenters. The first-order valence-corrected chi connectivity index (χ1v) is 11.0. The van der Waals surface area contributed by atoms with Gasteiger partial charge in [-0.3, -0.25) is 0 Å². The van der Waals surface area contributed by atoms with E-state index in [4.69, 9.17) is 18.6 Å². The maximum atomic E-state index is 11.9. The lowest BCUT2D eigenvalue weighted by Gasteiger charge is -2.62. The van der Waals surface area contributed by atoms with Crippen LogP contribution in [0.5, 0.6) is 0 Å². The van der Waals surface area contributed by atoms with Gasteiger partial charge in [0.2, 0.25) is 6.29 Å². The van der Waals surface area contributed by atoms with Gasteiger partial charge in [-0.15, -0.1) is 0 Å². The smallest absolute Gasteiger partial charge is 0.338 e.